The molecule has 1 fully saturated rings. The first-order valence-electron chi connectivity index (χ1n) is 6.52. The summed E-state index contributed by atoms with van der Waals surface area (Å²) in [5, 5.41) is 3.43. The highest BCUT2D eigenvalue weighted by atomic mass is 127. The van der Waals surface area contributed by atoms with Crippen LogP contribution in [0, 0.1) is 3.70 Å². The summed E-state index contributed by atoms with van der Waals surface area (Å²) in [7, 11) is 0. The van der Waals surface area contributed by atoms with Crippen LogP contribution >= 0.6 is 22.6 Å². The summed E-state index contributed by atoms with van der Waals surface area (Å²) >= 11 is 2.32. The minimum absolute atomic E-state index is 0.974. The molecule has 0 unspecified atom stereocenters. The van der Waals surface area contributed by atoms with Crippen LogP contribution in [0.15, 0.2) is 24.4 Å². The number of rotatable bonds is 3. The normalized spacial score (nSPS) is 17.1. The Balaban J connectivity index is 2.16. The number of anilines is 1. The van der Waals surface area contributed by atoms with Gasteiger partial charge in [-0.25, -0.2) is 4.98 Å². The average molecular weight is 357 g/mol. The van der Waals surface area contributed by atoms with Crippen molar-refractivity contribution in [3.05, 3.63) is 33.7 Å². The summed E-state index contributed by atoms with van der Waals surface area (Å²) in [4.78, 5) is 6.96. The second-order valence-corrected chi connectivity index (χ2v) is 5.53. The standard InChI is InChI=1S/C14H20IN3/c1-2-3-5-12-10-13(11-17-14(12)15)18-8-4-6-16-7-9-18/h2-3,10-11,16H,4-9H2,1H3. The molecule has 3 nitrogen and oxygen atoms in total. The summed E-state index contributed by atoms with van der Waals surface area (Å²) in [6, 6.07) is 2.29. The lowest BCUT2D eigenvalue weighted by molar-refractivity contribution is 0.724. The van der Waals surface area contributed by atoms with Gasteiger partial charge in [-0.2, -0.15) is 0 Å². The van der Waals surface area contributed by atoms with E-state index in [4.69, 9.17) is 0 Å². The number of nitrogens with zero attached hydrogens (tertiary/aromatic N) is 2. The van der Waals surface area contributed by atoms with Crippen molar-refractivity contribution >= 4 is 28.3 Å². The number of hydrogen-bond donors (Lipinski definition) is 1. The molecule has 0 saturated carbocycles. The highest BCUT2D eigenvalue weighted by Gasteiger charge is 2.11. The van der Waals surface area contributed by atoms with E-state index >= 15 is 0 Å². The first-order valence-corrected chi connectivity index (χ1v) is 7.60. The molecule has 1 saturated heterocycles. The predicted octanol–water partition coefficient (Wildman–Crippen LogP) is 2.60. The Hall–Kier alpha value is -0.620. The van der Waals surface area contributed by atoms with Crippen LogP contribution in [0.2, 0.25) is 0 Å². The second-order valence-electron chi connectivity index (χ2n) is 4.51. The molecule has 0 bridgehead atoms. The molecule has 0 aromatic carbocycles. The molecule has 1 N–H and O–H groups in total. The maximum absolute atomic E-state index is 4.53. The highest BCUT2D eigenvalue weighted by Crippen LogP contribution is 2.20. The first kappa shape index (κ1) is 13.8. The molecule has 18 heavy (non-hydrogen) atoms. The molecule has 1 aromatic rings. The van der Waals surface area contributed by atoms with Crippen LogP contribution in [0.4, 0.5) is 5.69 Å². The van der Waals surface area contributed by atoms with Crippen molar-refractivity contribution in [2.24, 2.45) is 0 Å². The molecule has 0 spiro atoms. The number of pyridine rings is 1. The van der Waals surface area contributed by atoms with Gasteiger partial charge < -0.3 is 10.2 Å². The maximum atomic E-state index is 4.53. The third-order valence-corrected chi connectivity index (χ3v) is 4.15. The molecular weight excluding hydrogens is 337 g/mol. The van der Waals surface area contributed by atoms with Gasteiger partial charge in [-0.1, -0.05) is 12.2 Å². The van der Waals surface area contributed by atoms with E-state index in [1.54, 1.807) is 0 Å². The van der Waals surface area contributed by atoms with E-state index < -0.39 is 0 Å². The van der Waals surface area contributed by atoms with Gasteiger partial charge in [-0.3, -0.25) is 0 Å². The smallest absolute Gasteiger partial charge is 0.105 e. The van der Waals surface area contributed by atoms with E-state index in [0.29, 0.717) is 0 Å². The highest BCUT2D eigenvalue weighted by molar-refractivity contribution is 14.1. The summed E-state index contributed by atoms with van der Waals surface area (Å²) < 4.78 is 1.11. The van der Waals surface area contributed by atoms with Gasteiger partial charge in [0.25, 0.3) is 0 Å². The molecule has 0 atom stereocenters. The summed E-state index contributed by atoms with van der Waals surface area (Å²) in [6.07, 6.45) is 8.47. The molecule has 0 amide bonds. The van der Waals surface area contributed by atoms with E-state index in [1.807, 2.05) is 6.20 Å². The lowest BCUT2D eigenvalue weighted by atomic mass is 10.2. The summed E-state index contributed by atoms with van der Waals surface area (Å²) in [5.41, 5.74) is 2.59. The minimum atomic E-state index is 0.974. The van der Waals surface area contributed by atoms with E-state index in [2.05, 4.69) is 62.9 Å². The van der Waals surface area contributed by atoms with Crippen LogP contribution in [-0.2, 0) is 6.42 Å². The maximum Gasteiger partial charge on any atom is 0.105 e. The van der Waals surface area contributed by atoms with Crippen molar-refractivity contribution in [2.75, 3.05) is 31.1 Å². The zero-order valence-corrected chi connectivity index (χ0v) is 13.0. The molecule has 2 rings (SSSR count). The molecule has 0 radical (unpaired) electrons. The van der Waals surface area contributed by atoms with Gasteiger partial charge in [0.1, 0.15) is 3.70 Å². The van der Waals surface area contributed by atoms with Crippen molar-refractivity contribution < 1.29 is 0 Å². The molecule has 1 aliphatic heterocycles. The van der Waals surface area contributed by atoms with E-state index in [1.165, 1.54) is 17.7 Å². The lowest BCUT2D eigenvalue weighted by Gasteiger charge is -2.22. The Morgan fingerprint density at radius 1 is 1.44 bits per heavy atom. The molecule has 4 heteroatoms. The topological polar surface area (TPSA) is 28.2 Å². The fourth-order valence-electron chi connectivity index (χ4n) is 2.15. The van der Waals surface area contributed by atoms with Crippen molar-refractivity contribution in [1.82, 2.24) is 10.3 Å². The molecule has 0 aliphatic carbocycles. The van der Waals surface area contributed by atoms with Gasteiger partial charge in [-0.05, 0) is 60.5 Å². The first-order chi connectivity index (χ1) is 8.81. The van der Waals surface area contributed by atoms with Crippen LogP contribution in [0.25, 0.3) is 0 Å². The predicted molar refractivity (Wildman–Crippen MR) is 85.2 cm³/mol. The van der Waals surface area contributed by atoms with Gasteiger partial charge >= 0.3 is 0 Å². The van der Waals surface area contributed by atoms with Crippen molar-refractivity contribution in [3.8, 4) is 0 Å². The lowest BCUT2D eigenvalue weighted by Crippen LogP contribution is -2.28. The van der Waals surface area contributed by atoms with Crippen LogP contribution < -0.4 is 10.2 Å². The van der Waals surface area contributed by atoms with Gasteiger partial charge in [0, 0.05) is 19.6 Å². The Morgan fingerprint density at radius 3 is 3.17 bits per heavy atom. The Bertz CT molecular complexity index is 410. The number of nitrogens with one attached hydrogen (secondary N) is 1. The third kappa shape index (κ3) is 3.68. The minimum Gasteiger partial charge on any atom is -0.369 e. The number of allylic oxidation sites excluding steroid dienone is 2. The number of aromatic nitrogens is 1. The summed E-state index contributed by atoms with van der Waals surface area (Å²) in [6.45, 7) is 6.45. The van der Waals surface area contributed by atoms with Crippen LogP contribution in [0.5, 0.6) is 0 Å². The second kappa shape index (κ2) is 7.09. The molecule has 98 valence electrons. The Labute approximate surface area is 123 Å². The fraction of sp³-hybridized carbons (Fsp3) is 0.500. The van der Waals surface area contributed by atoms with Gasteiger partial charge in [-0.15, -0.1) is 0 Å². The third-order valence-electron chi connectivity index (χ3n) is 3.18. The number of hydrogen-bond acceptors (Lipinski definition) is 3. The number of halogens is 1. The van der Waals surface area contributed by atoms with Crippen molar-refractivity contribution in [1.29, 1.82) is 0 Å². The van der Waals surface area contributed by atoms with E-state index in [-0.39, 0.29) is 0 Å². The zero-order chi connectivity index (χ0) is 12.8. The van der Waals surface area contributed by atoms with Gasteiger partial charge in [0.05, 0.1) is 11.9 Å². The molecule has 1 aliphatic rings. The SMILES string of the molecule is CC=CCc1cc(N2CCCNCC2)cnc1I. The van der Waals surface area contributed by atoms with Crippen LogP contribution in [0.3, 0.4) is 0 Å². The van der Waals surface area contributed by atoms with Crippen molar-refractivity contribution in [3.63, 3.8) is 0 Å². The Morgan fingerprint density at radius 2 is 2.33 bits per heavy atom. The van der Waals surface area contributed by atoms with E-state index in [0.717, 1.165) is 36.3 Å². The molecule has 1 aromatic heterocycles. The molecule has 2 heterocycles. The quantitative estimate of drug-likeness (QED) is 0.512. The zero-order valence-electron chi connectivity index (χ0n) is 10.8. The Kier molecular flexibility index (Phi) is 5.44. The summed E-state index contributed by atoms with van der Waals surface area (Å²) in [5.74, 6) is 0. The van der Waals surface area contributed by atoms with Gasteiger partial charge in [0.2, 0.25) is 0 Å². The molecular formula is C14H20IN3. The van der Waals surface area contributed by atoms with Gasteiger partial charge in [0.15, 0.2) is 0 Å². The van der Waals surface area contributed by atoms with Crippen molar-refractivity contribution in [2.45, 2.75) is 19.8 Å². The van der Waals surface area contributed by atoms with Crippen LogP contribution in [0.1, 0.15) is 18.9 Å². The average Bonchev–Trinajstić information content (AvgIpc) is 2.67. The fourth-order valence-corrected chi connectivity index (χ4v) is 2.66. The van der Waals surface area contributed by atoms with E-state index in [9.17, 15) is 0 Å². The largest absolute Gasteiger partial charge is 0.369 e. The monoisotopic (exact) mass is 357 g/mol. The van der Waals surface area contributed by atoms with Crippen LogP contribution in [-0.4, -0.2) is 31.2 Å².